The van der Waals surface area contributed by atoms with Crippen molar-refractivity contribution in [3.05, 3.63) is 0 Å². The molecule has 19 heteroatoms. The molecule has 95 heavy (non-hydrogen) atoms. The fraction of sp³-hybridized carbons (Fsp3) is 0.947. The zero-order chi connectivity index (χ0) is 70.0. The monoisotopic (exact) mass is 1400 g/mol. The van der Waals surface area contributed by atoms with E-state index < -0.39 is 97.5 Å². The van der Waals surface area contributed by atoms with Crippen LogP contribution in [0, 0.1) is 11.8 Å². The van der Waals surface area contributed by atoms with E-state index in [0.717, 1.165) is 102 Å². The van der Waals surface area contributed by atoms with Gasteiger partial charge in [-0.2, -0.15) is 0 Å². The van der Waals surface area contributed by atoms with Gasteiger partial charge in [-0.05, 0) is 37.5 Å². The molecular weight excluding hydrogens is 1250 g/mol. The first kappa shape index (κ1) is 93.1. The number of carbonyl (C=O) groups is 4. The maximum atomic E-state index is 13.1. The first-order chi connectivity index (χ1) is 45.9. The Kier molecular flexibility index (Phi) is 66.5. The van der Waals surface area contributed by atoms with E-state index in [2.05, 4.69) is 41.5 Å². The molecule has 3 N–H and O–H groups in total. The molecule has 17 nitrogen and oxygen atoms in total. The Morgan fingerprint density at radius 3 is 0.716 bits per heavy atom. The van der Waals surface area contributed by atoms with Crippen molar-refractivity contribution in [3.63, 3.8) is 0 Å². The van der Waals surface area contributed by atoms with Gasteiger partial charge < -0.3 is 33.8 Å². The molecule has 0 aliphatic carbocycles. The average Bonchev–Trinajstić information content (AvgIpc) is 1.35. The number of carbonyl (C=O) groups excluding carboxylic acids is 4. The Balaban J connectivity index is 5.21. The number of hydrogen-bond acceptors (Lipinski definition) is 15. The number of hydrogen-bond donors (Lipinski definition) is 3. The number of rotatable bonds is 75. The summed E-state index contributed by atoms with van der Waals surface area (Å²) < 4.78 is 68.5. The zero-order valence-corrected chi connectivity index (χ0v) is 63.8. The Labute approximate surface area is 581 Å². The van der Waals surface area contributed by atoms with Crippen LogP contribution in [0.3, 0.4) is 0 Å². The molecule has 564 valence electrons. The van der Waals surface area contributed by atoms with Gasteiger partial charge in [0.15, 0.2) is 12.2 Å². The van der Waals surface area contributed by atoms with E-state index in [9.17, 15) is 43.2 Å². The highest BCUT2D eigenvalue weighted by Crippen LogP contribution is 2.45. The average molecular weight is 1400 g/mol. The maximum absolute atomic E-state index is 13.1. The minimum absolute atomic E-state index is 0.104. The van der Waals surface area contributed by atoms with Gasteiger partial charge in [0.1, 0.15) is 19.3 Å². The number of phosphoric ester groups is 2. The van der Waals surface area contributed by atoms with Crippen molar-refractivity contribution in [2.75, 3.05) is 39.6 Å². The van der Waals surface area contributed by atoms with Crippen LogP contribution in [-0.4, -0.2) is 96.7 Å². The second kappa shape index (κ2) is 67.9. The van der Waals surface area contributed by atoms with E-state index in [1.807, 2.05) is 0 Å². The first-order valence-corrected chi connectivity index (χ1v) is 42.5. The molecule has 0 bridgehead atoms. The summed E-state index contributed by atoms with van der Waals surface area (Å²) in [5.41, 5.74) is 0. The molecule has 0 radical (unpaired) electrons. The van der Waals surface area contributed by atoms with E-state index in [4.69, 9.17) is 37.0 Å². The quantitative estimate of drug-likeness (QED) is 0.0222. The third-order valence-electron chi connectivity index (χ3n) is 17.7. The highest BCUT2D eigenvalue weighted by Gasteiger charge is 2.30. The van der Waals surface area contributed by atoms with Gasteiger partial charge in [-0.25, -0.2) is 9.13 Å². The predicted molar refractivity (Wildman–Crippen MR) is 386 cm³/mol. The molecule has 0 heterocycles. The molecule has 0 aromatic rings. The number of phosphoric acid groups is 2. The van der Waals surface area contributed by atoms with Crippen LogP contribution in [0.5, 0.6) is 0 Å². The fourth-order valence-electron chi connectivity index (χ4n) is 11.7. The van der Waals surface area contributed by atoms with Crippen molar-refractivity contribution in [2.24, 2.45) is 11.8 Å². The number of aliphatic hydroxyl groups excluding tert-OH is 1. The lowest BCUT2D eigenvalue weighted by atomic mass is 10.0. The van der Waals surface area contributed by atoms with Gasteiger partial charge in [-0.1, -0.05) is 343 Å². The lowest BCUT2D eigenvalue weighted by Crippen LogP contribution is -2.30. The lowest BCUT2D eigenvalue weighted by Gasteiger charge is -2.21. The summed E-state index contributed by atoms with van der Waals surface area (Å²) in [4.78, 5) is 72.7. The van der Waals surface area contributed by atoms with Crippen LogP contribution in [0.25, 0.3) is 0 Å². The van der Waals surface area contributed by atoms with Gasteiger partial charge in [-0.3, -0.25) is 37.3 Å². The third-order valence-corrected chi connectivity index (χ3v) is 19.6. The van der Waals surface area contributed by atoms with E-state index >= 15 is 0 Å². The van der Waals surface area contributed by atoms with E-state index in [-0.39, 0.29) is 25.7 Å². The summed E-state index contributed by atoms with van der Waals surface area (Å²) in [6.07, 6.45) is 55.7. The highest BCUT2D eigenvalue weighted by molar-refractivity contribution is 7.47. The van der Waals surface area contributed by atoms with Crippen LogP contribution in [0.2, 0.25) is 0 Å². The van der Waals surface area contributed by atoms with Crippen molar-refractivity contribution in [3.8, 4) is 0 Å². The fourth-order valence-corrected chi connectivity index (χ4v) is 13.2. The van der Waals surface area contributed by atoms with Crippen LogP contribution >= 0.6 is 15.6 Å². The molecule has 0 saturated heterocycles. The first-order valence-electron chi connectivity index (χ1n) is 39.5. The van der Waals surface area contributed by atoms with Crippen molar-refractivity contribution >= 4 is 39.5 Å². The minimum Gasteiger partial charge on any atom is -0.462 e. The molecule has 0 aliphatic rings. The molecule has 0 fully saturated rings. The summed E-state index contributed by atoms with van der Waals surface area (Å²) in [6.45, 7) is 9.49. The smallest absolute Gasteiger partial charge is 0.462 e. The molecule has 0 rings (SSSR count). The summed E-state index contributed by atoms with van der Waals surface area (Å²) in [6, 6.07) is 0. The summed E-state index contributed by atoms with van der Waals surface area (Å²) in [5.74, 6) is -0.703. The maximum Gasteiger partial charge on any atom is 0.472 e. The molecular formula is C76H148O17P2. The van der Waals surface area contributed by atoms with E-state index in [1.165, 1.54) is 205 Å². The molecule has 0 spiro atoms. The third kappa shape index (κ3) is 70.3. The van der Waals surface area contributed by atoms with Crippen molar-refractivity contribution in [1.82, 2.24) is 0 Å². The highest BCUT2D eigenvalue weighted by atomic mass is 31.2. The predicted octanol–water partition coefficient (Wildman–Crippen LogP) is 22.3. The molecule has 0 aromatic carbocycles. The number of aliphatic hydroxyl groups is 1. The zero-order valence-electron chi connectivity index (χ0n) is 62.0. The van der Waals surface area contributed by atoms with Crippen LogP contribution in [0.1, 0.15) is 395 Å². The second-order valence-corrected chi connectivity index (χ2v) is 31.3. The van der Waals surface area contributed by atoms with Crippen molar-refractivity contribution in [2.45, 2.75) is 413 Å². The van der Waals surface area contributed by atoms with Crippen molar-refractivity contribution in [1.29, 1.82) is 0 Å². The standard InChI is InChI=1S/C76H148O17P2/c1-7-9-11-13-15-17-19-21-23-24-25-26-27-28-30-32-36-40-48-54-60-75(80)92-71(64-86-73(78)58-52-46-39-35-31-29-22-20-18-16-14-12-10-8-2)66-90-94(82,83)88-62-70(77)63-89-95(84,85)91-67-72(65-87-74(79)59-53-47-43-42-45-51-57-69(5)6)93-76(81)61-55-49-41-37-33-34-38-44-50-56-68(3)4/h68-72,77H,7-67H2,1-6H3,(H,82,83)(H,84,85)/t70-,71-,72-/m1/s1. The molecule has 2 unspecified atom stereocenters. The molecule has 0 aromatic heterocycles. The topological polar surface area (TPSA) is 237 Å². The van der Waals surface area contributed by atoms with Gasteiger partial charge in [0, 0.05) is 25.7 Å². The summed E-state index contributed by atoms with van der Waals surface area (Å²) in [7, 11) is -9.91. The summed E-state index contributed by atoms with van der Waals surface area (Å²) in [5, 5.41) is 10.6. The van der Waals surface area contributed by atoms with Gasteiger partial charge in [-0.15, -0.1) is 0 Å². The van der Waals surface area contributed by atoms with Gasteiger partial charge in [0.05, 0.1) is 26.4 Å². The molecule has 0 saturated carbocycles. The van der Waals surface area contributed by atoms with Gasteiger partial charge in [0.2, 0.25) is 0 Å². The number of unbranched alkanes of at least 4 members (excludes halogenated alkanes) is 45. The van der Waals surface area contributed by atoms with Gasteiger partial charge in [0.25, 0.3) is 0 Å². The Morgan fingerprint density at radius 2 is 0.484 bits per heavy atom. The largest absolute Gasteiger partial charge is 0.472 e. The second-order valence-electron chi connectivity index (χ2n) is 28.3. The van der Waals surface area contributed by atoms with Crippen LogP contribution in [0.15, 0.2) is 0 Å². The summed E-state index contributed by atoms with van der Waals surface area (Å²) >= 11 is 0. The molecule has 0 amide bonds. The molecule has 0 aliphatic heterocycles. The SMILES string of the molecule is CCCCCCCCCCCCCCCCCCCCCCC(=O)O[C@H](COC(=O)CCCCCCCCCCCCCCCC)COP(=O)(O)OC[C@@H](O)COP(=O)(O)OC[C@@H](COC(=O)CCCCCCCCC(C)C)OC(=O)CCCCCCCCCCCC(C)C. The van der Waals surface area contributed by atoms with Crippen molar-refractivity contribution < 1.29 is 80.2 Å². The number of ether oxygens (including phenoxy) is 4. The Bertz CT molecular complexity index is 1840. The van der Waals surface area contributed by atoms with E-state index in [0.29, 0.717) is 31.6 Å². The Hall–Kier alpha value is -1.94. The van der Waals surface area contributed by atoms with Crippen LogP contribution in [-0.2, 0) is 65.4 Å². The lowest BCUT2D eigenvalue weighted by molar-refractivity contribution is -0.161. The van der Waals surface area contributed by atoms with Crippen LogP contribution in [0.4, 0.5) is 0 Å². The molecule has 5 atom stereocenters. The van der Waals surface area contributed by atoms with Crippen LogP contribution < -0.4 is 0 Å². The normalized spacial score (nSPS) is 14.0. The number of esters is 4. The van der Waals surface area contributed by atoms with Gasteiger partial charge >= 0.3 is 39.5 Å². The minimum atomic E-state index is -4.96. The van der Waals surface area contributed by atoms with E-state index in [1.54, 1.807) is 0 Å². The Morgan fingerprint density at radius 1 is 0.284 bits per heavy atom.